The summed E-state index contributed by atoms with van der Waals surface area (Å²) in [7, 11) is 3.88. The Morgan fingerprint density at radius 3 is 2.68 bits per heavy atom. The van der Waals surface area contributed by atoms with E-state index in [-0.39, 0.29) is 0 Å². The van der Waals surface area contributed by atoms with Crippen molar-refractivity contribution in [3.63, 3.8) is 0 Å². The van der Waals surface area contributed by atoms with E-state index in [9.17, 15) is 0 Å². The third-order valence-electron chi connectivity index (χ3n) is 2.82. The van der Waals surface area contributed by atoms with Gasteiger partial charge in [-0.15, -0.1) is 0 Å². The summed E-state index contributed by atoms with van der Waals surface area (Å²) in [5, 5.41) is 6.62. The van der Waals surface area contributed by atoms with Crippen LogP contribution in [0.15, 0.2) is 0 Å². The molecule has 1 aliphatic heterocycles. The summed E-state index contributed by atoms with van der Waals surface area (Å²) >= 11 is 1.97. The first kappa shape index (κ1) is 14.2. The van der Waals surface area contributed by atoms with Gasteiger partial charge in [0.15, 0.2) is 0 Å². The highest BCUT2D eigenvalue weighted by Gasteiger charge is 2.17. The first-order valence-electron chi connectivity index (χ1n) is 6.70. The molecule has 0 saturated carbocycles. The average Bonchev–Trinajstić information content (AvgIpc) is 2.89. The predicted octanol–water partition coefficient (Wildman–Crippen LogP) is 1.68. The van der Waals surface area contributed by atoms with Crippen LogP contribution in [0.25, 0.3) is 0 Å². The number of nitrogens with zero attached hydrogens (tertiary/aromatic N) is 4. The van der Waals surface area contributed by atoms with Gasteiger partial charge < -0.3 is 15.5 Å². The minimum absolute atomic E-state index is 0.474. The second-order valence-corrected chi connectivity index (χ2v) is 5.96. The van der Waals surface area contributed by atoms with Crippen molar-refractivity contribution in [2.45, 2.75) is 25.8 Å². The molecule has 1 atom stereocenters. The van der Waals surface area contributed by atoms with Gasteiger partial charge in [0.1, 0.15) is 0 Å². The molecule has 106 valence electrons. The van der Waals surface area contributed by atoms with Crippen molar-refractivity contribution in [2.75, 3.05) is 47.7 Å². The molecule has 2 rings (SSSR count). The summed E-state index contributed by atoms with van der Waals surface area (Å²) in [5.74, 6) is 4.34. The van der Waals surface area contributed by atoms with E-state index in [2.05, 4.69) is 32.5 Å². The lowest BCUT2D eigenvalue weighted by Gasteiger charge is -2.16. The Bertz CT molecular complexity index is 405. The van der Waals surface area contributed by atoms with E-state index < -0.39 is 0 Å². The lowest BCUT2D eigenvalue weighted by molar-refractivity contribution is 0.792. The van der Waals surface area contributed by atoms with E-state index >= 15 is 0 Å². The highest BCUT2D eigenvalue weighted by Crippen LogP contribution is 2.21. The van der Waals surface area contributed by atoms with Gasteiger partial charge >= 0.3 is 0 Å². The van der Waals surface area contributed by atoms with Gasteiger partial charge in [-0.2, -0.15) is 26.7 Å². The van der Waals surface area contributed by atoms with Crippen LogP contribution >= 0.6 is 11.8 Å². The van der Waals surface area contributed by atoms with Crippen molar-refractivity contribution < 1.29 is 0 Å². The van der Waals surface area contributed by atoms with Crippen molar-refractivity contribution in [2.24, 2.45) is 0 Å². The molecule has 2 N–H and O–H groups in total. The highest BCUT2D eigenvalue weighted by atomic mass is 32.2. The highest BCUT2D eigenvalue weighted by molar-refractivity contribution is 7.99. The number of anilines is 3. The smallest absolute Gasteiger partial charge is 0.231 e. The fraction of sp³-hybridized carbons (Fsp3) is 0.750. The second-order valence-electron chi connectivity index (χ2n) is 4.81. The van der Waals surface area contributed by atoms with Crippen LogP contribution in [0.5, 0.6) is 0 Å². The van der Waals surface area contributed by atoms with Gasteiger partial charge in [-0.05, 0) is 18.6 Å². The molecule has 1 aromatic heterocycles. The van der Waals surface area contributed by atoms with Crippen LogP contribution in [-0.2, 0) is 0 Å². The van der Waals surface area contributed by atoms with Crippen molar-refractivity contribution in [3.05, 3.63) is 0 Å². The molecule has 2 heterocycles. The standard InChI is InChI=1S/C12H22N6S/c1-4-6-13-10-15-11(14-9-5-7-19-8-9)17-12(16-10)18(2)3/h9H,4-8H2,1-3H3,(H2,13,14,15,16,17). The van der Waals surface area contributed by atoms with Gasteiger partial charge in [-0.1, -0.05) is 6.92 Å². The van der Waals surface area contributed by atoms with Crippen molar-refractivity contribution in [1.29, 1.82) is 0 Å². The van der Waals surface area contributed by atoms with E-state index in [0.29, 0.717) is 23.9 Å². The molecule has 0 spiro atoms. The molecule has 1 aliphatic rings. The molecule has 19 heavy (non-hydrogen) atoms. The Kier molecular flexibility index (Phi) is 5.07. The summed E-state index contributed by atoms with van der Waals surface area (Å²) in [4.78, 5) is 15.2. The van der Waals surface area contributed by atoms with Crippen LogP contribution < -0.4 is 15.5 Å². The number of thioether (sulfide) groups is 1. The Morgan fingerprint density at radius 2 is 2.05 bits per heavy atom. The first-order valence-corrected chi connectivity index (χ1v) is 7.86. The zero-order valence-corrected chi connectivity index (χ0v) is 12.6. The Morgan fingerprint density at radius 1 is 1.26 bits per heavy atom. The fourth-order valence-electron chi connectivity index (χ4n) is 1.78. The fourth-order valence-corrected chi connectivity index (χ4v) is 2.93. The second kappa shape index (κ2) is 6.79. The average molecular weight is 282 g/mol. The minimum Gasteiger partial charge on any atom is -0.354 e. The monoisotopic (exact) mass is 282 g/mol. The van der Waals surface area contributed by atoms with E-state index in [1.54, 1.807) is 0 Å². The van der Waals surface area contributed by atoms with Gasteiger partial charge in [-0.3, -0.25) is 0 Å². The molecular formula is C12H22N6S. The number of hydrogen-bond donors (Lipinski definition) is 2. The summed E-state index contributed by atoms with van der Waals surface area (Å²) in [6.45, 7) is 2.99. The van der Waals surface area contributed by atoms with Gasteiger partial charge in [0, 0.05) is 32.4 Å². The maximum absolute atomic E-state index is 4.45. The number of aromatic nitrogens is 3. The molecule has 0 aromatic carbocycles. The van der Waals surface area contributed by atoms with E-state index in [4.69, 9.17) is 0 Å². The molecule has 1 fully saturated rings. The Labute approximate surface area is 118 Å². The van der Waals surface area contributed by atoms with E-state index in [0.717, 1.165) is 18.7 Å². The van der Waals surface area contributed by atoms with Crippen LogP contribution in [0, 0.1) is 0 Å². The molecule has 0 bridgehead atoms. The lowest BCUT2D eigenvalue weighted by Crippen LogP contribution is -2.22. The van der Waals surface area contributed by atoms with Crippen LogP contribution in [-0.4, -0.2) is 53.1 Å². The molecule has 6 nitrogen and oxygen atoms in total. The summed E-state index contributed by atoms with van der Waals surface area (Å²) in [5.41, 5.74) is 0. The molecule has 0 aliphatic carbocycles. The lowest BCUT2D eigenvalue weighted by atomic mass is 10.3. The third kappa shape index (κ3) is 4.12. The van der Waals surface area contributed by atoms with Crippen molar-refractivity contribution in [3.8, 4) is 0 Å². The van der Waals surface area contributed by atoms with Gasteiger partial charge in [0.2, 0.25) is 17.8 Å². The maximum atomic E-state index is 4.45. The SMILES string of the molecule is CCCNc1nc(NC2CCSC2)nc(N(C)C)n1. The predicted molar refractivity (Wildman–Crippen MR) is 82.3 cm³/mol. The van der Waals surface area contributed by atoms with Crippen LogP contribution in [0.4, 0.5) is 17.8 Å². The molecule has 0 amide bonds. The minimum atomic E-state index is 0.474. The van der Waals surface area contributed by atoms with Crippen LogP contribution in [0.3, 0.4) is 0 Å². The first-order chi connectivity index (χ1) is 9.19. The maximum Gasteiger partial charge on any atom is 0.231 e. The number of hydrogen-bond acceptors (Lipinski definition) is 7. The van der Waals surface area contributed by atoms with Crippen molar-refractivity contribution >= 4 is 29.6 Å². The van der Waals surface area contributed by atoms with Crippen molar-refractivity contribution in [1.82, 2.24) is 15.0 Å². The third-order valence-corrected chi connectivity index (χ3v) is 3.98. The molecular weight excluding hydrogens is 260 g/mol. The number of nitrogens with one attached hydrogen (secondary N) is 2. The normalized spacial score (nSPS) is 18.4. The zero-order valence-electron chi connectivity index (χ0n) is 11.8. The van der Waals surface area contributed by atoms with Gasteiger partial charge in [0.25, 0.3) is 0 Å². The van der Waals surface area contributed by atoms with E-state index in [1.165, 1.54) is 12.2 Å². The Hall–Kier alpha value is -1.24. The van der Waals surface area contributed by atoms with Crippen LogP contribution in [0.2, 0.25) is 0 Å². The largest absolute Gasteiger partial charge is 0.354 e. The molecule has 1 aromatic rings. The quantitative estimate of drug-likeness (QED) is 0.823. The Balaban J connectivity index is 2.12. The van der Waals surface area contributed by atoms with E-state index in [1.807, 2.05) is 30.8 Å². The topological polar surface area (TPSA) is 66.0 Å². The zero-order chi connectivity index (χ0) is 13.7. The number of rotatable bonds is 6. The summed E-state index contributed by atoms with van der Waals surface area (Å²) in [6.07, 6.45) is 2.22. The summed E-state index contributed by atoms with van der Waals surface area (Å²) in [6, 6.07) is 0.474. The molecule has 1 saturated heterocycles. The van der Waals surface area contributed by atoms with Gasteiger partial charge in [-0.25, -0.2) is 0 Å². The molecule has 7 heteroatoms. The molecule has 0 radical (unpaired) electrons. The van der Waals surface area contributed by atoms with Crippen LogP contribution in [0.1, 0.15) is 19.8 Å². The summed E-state index contributed by atoms with van der Waals surface area (Å²) < 4.78 is 0. The molecule has 1 unspecified atom stereocenters. The van der Waals surface area contributed by atoms with Gasteiger partial charge in [0.05, 0.1) is 0 Å².